The molecule has 6 heteroatoms. The van der Waals surface area contributed by atoms with Gasteiger partial charge in [0.15, 0.2) is 6.10 Å². The molecule has 1 amide bonds. The molecular weight excluding hydrogens is 392 g/mol. The van der Waals surface area contributed by atoms with Crippen LogP contribution in [0.5, 0.6) is 5.75 Å². The topological polar surface area (TPSA) is 67.9 Å². The molecule has 1 aliphatic rings. The number of benzene rings is 2. The Morgan fingerprint density at radius 3 is 2.35 bits per heavy atom. The Bertz CT molecular complexity index is 900. The van der Waals surface area contributed by atoms with Crippen molar-refractivity contribution in [2.45, 2.75) is 38.7 Å². The second-order valence-electron chi connectivity index (χ2n) is 7.59. The zero-order valence-electron chi connectivity index (χ0n) is 18.2. The first kappa shape index (κ1) is 22.4. The molecule has 0 bridgehead atoms. The van der Waals surface area contributed by atoms with Gasteiger partial charge in [0.1, 0.15) is 5.75 Å². The van der Waals surface area contributed by atoms with Crippen LogP contribution >= 0.6 is 0 Å². The van der Waals surface area contributed by atoms with Gasteiger partial charge in [-0.2, -0.15) is 0 Å². The van der Waals surface area contributed by atoms with Crippen molar-refractivity contribution >= 4 is 29.3 Å². The zero-order chi connectivity index (χ0) is 22.1. The van der Waals surface area contributed by atoms with Crippen LogP contribution in [0.2, 0.25) is 0 Å². The number of ether oxygens (including phenoxy) is 2. The molecular formula is C25H30N2O4. The van der Waals surface area contributed by atoms with E-state index in [1.807, 2.05) is 18.2 Å². The second kappa shape index (κ2) is 11.2. The summed E-state index contributed by atoms with van der Waals surface area (Å²) in [6, 6.07) is 15.2. The third-order valence-electron chi connectivity index (χ3n) is 5.30. The number of carbonyl (C=O) groups excluding carboxylic acids is 2. The molecule has 2 aromatic carbocycles. The minimum Gasteiger partial charge on any atom is -0.495 e. The van der Waals surface area contributed by atoms with E-state index in [1.54, 1.807) is 24.3 Å². The maximum atomic E-state index is 12.3. The minimum absolute atomic E-state index is 0.423. The standard InChI is InChI=1S/C25H30N2O4/c1-19(25(29)26-22-9-5-6-10-23(22)30-2)31-24(28)16-13-20-11-14-21(15-12-20)27-17-7-3-4-8-18-27/h5-6,9-16,19H,3-4,7-8,17-18H2,1-2H3,(H,26,29)/b16-13+/t19-/m0/s1. The third kappa shape index (κ3) is 6.60. The highest BCUT2D eigenvalue weighted by Crippen LogP contribution is 2.23. The quantitative estimate of drug-likeness (QED) is 0.519. The molecule has 0 spiro atoms. The van der Waals surface area contributed by atoms with Crippen molar-refractivity contribution in [3.63, 3.8) is 0 Å². The van der Waals surface area contributed by atoms with Gasteiger partial charge in [0.25, 0.3) is 5.91 Å². The Morgan fingerprint density at radius 1 is 1.00 bits per heavy atom. The number of methoxy groups -OCH3 is 1. The molecule has 0 aromatic heterocycles. The smallest absolute Gasteiger partial charge is 0.331 e. The second-order valence-corrected chi connectivity index (χ2v) is 7.59. The number of anilines is 2. The SMILES string of the molecule is COc1ccccc1NC(=O)[C@H](C)OC(=O)/C=C/c1ccc(N2CCCCCC2)cc1. The molecule has 1 heterocycles. The number of amides is 1. The summed E-state index contributed by atoms with van der Waals surface area (Å²) in [7, 11) is 1.53. The molecule has 0 saturated carbocycles. The Kier molecular flexibility index (Phi) is 8.10. The summed E-state index contributed by atoms with van der Waals surface area (Å²) >= 11 is 0. The van der Waals surface area contributed by atoms with Crippen LogP contribution in [0.25, 0.3) is 6.08 Å². The van der Waals surface area contributed by atoms with Crippen molar-refractivity contribution in [2.75, 3.05) is 30.4 Å². The van der Waals surface area contributed by atoms with Crippen molar-refractivity contribution in [3.8, 4) is 5.75 Å². The highest BCUT2D eigenvalue weighted by atomic mass is 16.5. The molecule has 1 N–H and O–H groups in total. The average Bonchev–Trinajstić information content (AvgIpc) is 3.08. The Hall–Kier alpha value is -3.28. The molecule has 1 fully saturated rings. The van der Waals surface area contributed by atoms with Crippen molar-refractivity contribution in [1.29, 1.82) is 0 Å². The Morgan fingerprint density at radius 2 is 1.68 bits per heavy atom. The van der Waals surface area contributed by atoms with Crippen LogP contribution in [-0.4, -0.2) is 38.2 Å². The molecule has 6 nitrogen and oxygen atoms in total. The van der Waals surface area contributed by atoms with Gasteiger partial charge in [-0.1, -0.05) is 37.1 Å². The number of carbonyl (C=O) groups is 2. The summed E-state index contributed by atoms with van der Waals surface area (Å²) in [6.45, 7) is 3.72. The van der Waals surface area contributed by atoms with E-state index in [2.05, 4.69) is 22.3 Å². The Balaban J connectivity index is 1.51. The number of para-hydroxylation sites is 2. The summed E-state index contributed by atoms with van der Waals surface area (Å²) in [6.07, 6.45) is 7.16. The summed E-state index contributed by atoms with van der Waals surface area (Å²) in [5.74, 6) is -0.454. The number of esters is 1. The highest BCUT2D eigenvalue weighted by molar-refractivity contribution is 5.97. The van der Waals surface area contributed by atoms with Gasteiger partial charge in [0.2, 0.25) is 0 Å². The lowest BCUT2D eigenvalue weighted by Crippen LogP contribution is -2.29. The summed E-state index contributed by atoms with van der Waals surface area (Å²) in [5.41, 5.74) is 2.64. The number of rotatable bonds is 7. The van der Waals surface area contributed by atoms with Crippen LogP contribution < -0.4 is 15.0 Å². The molecule has 31 heavy (non-hydrogen) atoms. The molecule has 1 saturated heterocycles. The number of nitrogens with one attached hydrogen (secondary N) is 1. The fourth-order valence-corrected chi connectivity index (χ4v) is 3.54. The number of hydrogen-bond donors (Lipinski definition) is 1. The van der Waals surface area contributed by atoms with E-state index < -0.39 is 18.0 Å². The van der Waals surface area contributed by atoms with Gasteiger partial charge in [-0.3, -0.25) is 4.79 Å². The molecule has 1 atom stereocenters. The predicted molar refractivity (Wildman–Crippen MR) is 123 cm³/mol. The van der Waals surface area contributed by atoms with Gasteiger partial charge >= 0.3 is 5.97 Å². The molecule has 0 radical (unpaired) electrons. The molecule has 0 unspecified atom stereocenters. The zero-order valence-corrected chi connectivity index (χ0v) is 18.2. The first-order valence-corrected chi connectivity index (χ1v) is 10.7. The summed E-state index contributed by atoms with van der Waals surface area (Å²) in [4.78, 5) is 26.9. The molecule has 2 aromatic rings. The number of nitrogens with zero attached hydrogens (tertiary/aromatic N) is 1. The van der Waals surface area contributed by atoms with Crippen molar-refractivity contribution in [1.82, 2.24) is 0 Å². The average molecular weight is 423 g/mol. The van der Waals surface area contributed by atoms with Crippen LogP contribution in [-0.2, 0) is 14.3 Å². The van der Waals surface area contributed by atoms with E-state index in [0.29, 0.717) is 11.4 Å². The molecule has 3 rings (SSSR count). The van der Waals surface area contributed by atoms with Gasteiger partial charge in [-0.25, -0.2) is 4.79 Å². The van der Waals surface area contributed by atoms with Crippen LogP contribution in [0.3, 0.4) is 0 Å². The maximum Gasteiger partial charge on any atom is 0.331 e. The van der Waals surface area contributed by atoms with E-state index in [-0.39, 0.29) is 0 Å². The minimum atomic E-state index is -0.938. The van der Waals surface area contributed by atoms with Crippen molar-refractivity contribution < 1.29 is 19.1 Å². The fourth-order valence-electron chi connectivity index (χ4n) is 3.54. The van der Waals surface area contributed by atoms with Gasteiger partial charge in [-0.15, -0.1) is 0 Å². The van der Waals surface area contributed by atoms with Gasteiger partial charge in [-0.05, 0) is 55.7 Å². The third-order valence-corrected chi connectivity index (χ3v) is 5.30. The van der Waals surface area contributed by atoms with Gasteiger partial charge in [0, 0.05) is 24.9 Å². The van der Waals surface area contributed by atoms with E-state index in [1.165, 1.54) is 51.5 Å². The van der Waals surface area contributed by atoms with E-state index in [4.69, 9.17) is 9.47 Å². The van der Waals surface area contributed by atoms with E-state index >= 15 is 0 Å². The fraction of sp³-hybridized carbons (Fsp3) is 0.360. The summed E-state index contributed by atoms with van der Waals surface area (Å²) < 4.78 is 10.4. The van der Waals surface area contributed by atoms with Crippen LogP contribution in [0.4, 0.5) is 11.4 Å². The summed E-state index contributed by atoms with van der Waals surface area (Å²) in [5, 5.41) is 2.71. The maximum absolute atomic E-state index is 12.3. The first-order valence-electron chi connectivity index (χ1n) is 10.7. The highest BCUT2D eigenvalue weighted by Gasteiger charge is 2.18. The van der Waals surface area contributed by atoms with Crippen molar-refractivity contribution in [3.05, 3.63) is 60.2 Å². The van der Waals surface area contributed by atoms with Crippen molar-refractivity contribution in [2.24, 2.45) is 0 Å². The molecule has 1 aliphatic heterocycles. The largest absolute Gasteiger partial charge is 0.495 e. The normalized spacial score (nSPS) is 15.2. The van der Waals surface area contributed by atoms with E-state index in [0.717, 1.165) is 18.7 Å². The first-order chi connectivity index (χ1) is 15.1. The lowest BCUT2D eigenvalue weighted by molar-refractivity contribution is -0.148. The lowest BCUT2D eigenvalue weighted by atomic mass is 10.1. The van der Waals surface area contributed by atoms with Gasteiger partial charge in [0.05, 0.1) is 12.8 Å². The lowest BCUT2D eigenvalue weighted by Gasteiger charge is -2.22. The predicted octanol–water partition coefficient (Wildman–Crippen LogP) is 4.66. The van der Waals surface area contributed by atoms with Crippen LogP contribution in [0.15, 0.2) is 54.6 Å². The molecule has 0 aliphatic carbocycles. The van der Waals surface area contributed by atoms with Crippen LogP contribution in [0.1, 0.15) is 38.2 Å². The number of hydrogen-bond acceptors (Lipinski definition) is 5. The van der Waals surface area contributed by atoms with Gasteiger partial charge < -0.3 is 19.7 Å². The Labute approximate surface area is 183 Å². The van der Waals surface area contributed by atoms with E-state index in [9.17, 15) is 9.59 Å². The molecule has 164 valence electrons. The van der Waals surface area contributed by atoms with Crippen LogP contribution in [0, 0.1) is 0 Å². The monoisotopic (exact) mass is 422 g/mol.